The third-order valence-corrected chi connectivity index (χ3v) is 5.06. The number of methoxy groups -OCH3 is 2. The van der Waals surface area contributed by atoms with Crippen LogP contribution in [0.5, 0.6) is 11.5 Å². The topological polar surface area (TPSA) is 50.8 Å². The Morgan fingerprint density at radius 3 is 2.46 bits per heavy atom. The minimum atomic E-state index is -0.164. The van der Waals surface area contributed by atoms with E-state index < -0.39 is 0 Å². The summed E-state index contributed by atoms with van der Waals surface area (Å²) in [4.78, 5) is 14.5. The molecule has 2 aromatic rings. The quantitative estimate of drug-likeness (QED) is 0.873. The number of carbonyl (C=O) groups excluding carboxylic acids is 1. The van der Waals surface area contributed by atoms with Gasteiger partial charge >= 0.3 is 6.03 Å². The molecule has 1 aliphatic rings. The second-order valence-corrected chi connectivity index (χ2v) is 6.75. The van der Waals surface area contributed by atoms with Gasteiger partial charge in [0.2, 0.25) is 0 Å². The van der Waals surface area contributed by atoms with Crippen molar-refractivity contribution in [3.8, 4) is 11.5 Å². The highest BCUT2D eigenvalue weighted by Gasteiger charge is 2.24. The molecule has 2 amide bonds. The monoisotopic (exact) mass is 374 g/mol. The minimum Gasteiger partial charge on any atom is -0.493 e. The predicted molar refractivity (Wildman–Crippen MR) is 102 cm³/mol. The van der Waals surface area contributed by atoms with E-state index in [0.717, 1.165) is 23.3 Å². The Morgan fingerprint density at radius 1 is 1.15 bits per heavy atom. The van der Waals surface area contributed by atoms with E-state index in [1.807, 2.05) is 48.2 Å². The van der Waals surface area contributed by atoms with Crippen LogP contribution in [0.4, 0.5) is 4.79 Å². The van der Waals surface area contributed by atoms with Crippen LogP contribution in [0.3, 0.4) is 0 Å². The van der Waals surface area contributed by atoms with Gasteiger partial charge in [-0.3, -0.25) is 0 Å². The normalized spacial score (nSPS) is 14.4. The standard InChI is InChI=1S/C20H23ClN2O3/c1-13(16-6-4-5-7-17(16)21)22-20(24)23-9-8-14-10-18(25-2)19(26-3)11-15(14)12-23/h4-7,10-11,13H,8-9,12H2,1-3H3,(H,22,24). The average molecular weight is 375 g/mol. The Kier molecular flexibility index (Phi) is 5.57. The fraction of sp³-hybridized carbons (Fsp3) is 0.350. The zero-order chi connectivity index (χ0) is 18.7. The number of amides is 2. The first-order valence-corrected chi connectivity index (χ1v) is 8.95. The van der Waals surface area contributed by atoms with E-state index in [1.54, 1.807) is 14.2 Å². The first-order valence-electron chi connectivity index (χ1n) is 8.57. The number of hydrogen-bond acceptors (Lipinski definition) is 3. The van der Waals surface area contributed by atoms with Crippen LogP contribution in [-0.2, 0) is 13.0 Å². The van der Waals surface area contributed by atoms with Crippen molar-refractivity contribution in [1.82, 2.24) is 10.2 Å². The lowest BCUT2D eigenvalue weighted by Crippen LogP contribution is -2.43. The van der Waals surface area contributed by atoms with E-state index in [0.29, 0.717) is 23.9 Å². The smallest absolute Gasteiger partial charge is 0.318 e. The number of halogens is 1. The van der Waals surface area contributed by atoms with E-state index in [-0.39, 0.29) is 12.1 Å². The highest BCUT2D eigenvalue weighted by atomic mass is 35.5. The van der Waals surface area contributed by atoms with Gasteiger partial charge in [0, 0.05) is 18.1 Å². The van der Waals surface area contributed by atoms with Gasteiger partial charge in [0.05, 0.1) is 20.3 Å². The second kappa shape index (κ2) is 7.87. The van der Waals surface area contributed by atoms with E-state index >= 15 is 0 Å². The van der Waals surface area contributed by atoms with Crippen LogP contribution in [0.2, 0.25) is 5.02 Å². The number of carbonyl (C=O) groups is 1. The molecule has 0 saturated carbocycles. The van der Waals surface area contributed by atoms with E-state index in [2.05, 4.69) is 5.32 Å². The van der Waals surface area contributed by atoms with Crippen LogP contribution in [-0.4, -0.2) is 31.7 Å². The molecular formula is C20H23ClN2O3. The summed E-state index contributed by atoms with van der Waals surface area (Å²) in [5, 5.41) is 3.69. The van der Waals surface area contributed by atoms with Gasteiger partial charge in [0.15, 0.2) is 11.5 Å². The van der Waals surface area contributed by atoms with Crippen molar-refractivity contribution >= 4 is 17.6 Å². The van der Waals surface area contributed by atoms with Gasteiger partial charge in [0.1, 0.15) is 0 Å². The zero-order valence-electron chi connectivity index (χ0n) is 15.2. The maximum atomic E-state index is 12.7. The summed E-state index contributed by atoms with van der Waals surface area (Å²) >= 11 is 6.23. The number of nitrogens with one attached hydrogen (secondary N) is 1. The van der Waals surface area contributed by atoms with Crippen molar-refractivity contribution in [2.24, 2.45) is 0 Å². The highest BCUT2D eigenvalue weighted by molar-refractivity contribution is 6.31. The number of benzene rings is 2. The van der Waals surface area contributed by atoms with Crippen LogP contribution in [0.15, 0.2) is 36.4 Å². The molecule has 1 aliphatic heterocycles. The van der Waals surface area contributed by atoms with Gasteiger partial charge in [-0.15, -0.1) is 0 Å². The molecule has 0 radical (unpaired) electrons. The number of hydrogen-bond donors (Lipinski definition) is 1. The molecule has 0 fully saturated rings. The predicted octanol–water partition coefficient (Wildman–Crippen LogP) is 4.19. The van der Waals surface area contributed by atoms with Gasteiger partial charge in [0.25, 0.3) is 0 Å². The van der Waals surface area contributed by atoms with Crippen molar-refractivity contribution in [2.45, 2.75) is 25.9 Å². The molecule has 2 aromatic carbocycles. The molecule has 5 nitrogen and oxygen atoms in total. The molecule has 0 aliphatic carbocycles. The van der Waals surface area contributed by atoms with E-state index in [4.69, 9.17) is 21.1 Å². The number of fused-ring (bicyclic) bond motifs is 1. The van der Waals surface area contributed by atoms with E-state index in [9.17, 15) is 4.79 Å². The highest BCUT2D eigenvalue weighted by Crippen LogP contribution is 2.33. The SMILES string of the molecule is COc1cc2c(cc1OC)CN(C(=O)NC(C)c1ccccc1Cl)CC2. The molecule has 0 aromatic heterocycles. The molecule has 0 bridgehead atoms. The van der Waals surface area contributed by atoms with Crippen molar-refractivity contribution < 1.29 is 14.3 Å². The second-order valence-electron chi connectivity index (χ2n) is 6.34. The Hall–Kier alpha value is -2.40. The van der Waals surface area contributed by atoms with Crippen LogP contribution >= 0.6 is 11.6 Å². The third-order valence-electron chi connectivity index (χ3n) is 4.72. The zero-order valence-corrected chi connectivity index (χ0v) is 16.0. The molecule has 138 valence electrons. The van der Waals surface area contributed by atoms with Gasteiger partial charge < -0.3 is 19.7 Å². The third kappa shape index (κ3) is 3.73. The molecule has 1 atom stereocenters. The number of ether oxygens (including phenoxy) is 2. The summed E-state index contributed by atoms with van der Waals surface area (Å²) in [6.45, 7) is 3.13. The van der Waals surface area contributed by atoms with Crippen LogP contribution in [0.25, 0.3) is 0 Å². The summed E-state index contributed by atoms with van der Waals surface area (Å²) in [6, 6.07) is 11.2. The summed E-state index contributed by atoms with van der Waals surface area (Å²) in [5.41, 5.74) is 3.17. The first-order chi connectivity index (χ1) is 12.5. The Morgan fingerprint density at radius 2 is 1.81 bits per heavy atom. The lowest BCUT2D eigenvalue weighted by molar-refractivity contribution is 0.189. The van der Waals surface area contributed by atoms with Crippen LogP contribution in [0.1, 0.15) is 29.7 Å². The Balaban J connectivity index is 1.72. The fourth-order valence-electron chi connectivity index (χ4n) is 3.24. The van der Waals surface area contributed by atoms with Gasteiger partial charge in [-0.2, -0.15) is 0 Å². The molecule has 1 heterocycles. The minimum absolute atomic E-state index is 0.0992. The average Bonchev–Trinajstić information content (AvgIpc) is 2.66. The number of nitrogens with zero attached hydrogens (tertiary/aromatic N) is 1. The summed E-state index contributed by atoms with van der Waals surface area (Å²) in [5.74, 6) is 1.40. The molecule has 1 N–H and O–H groups in total. The molecule has 0 saturated heterocycles. The molecule has 1 unspecified atom stereocenters. The molecule has 3 rings (SSSR count). The van der Waals surface area contributed by atoms with Crippen molar-refractivity contribution in [2.75, 3.05) is 20.8 Å². The first kappa shape index (κ1) is 18.4. The van der Waals surface area contributed by atoms with E-state index in [1.165, 1.54) is 5.56 Å². The van der Waals surface area contributed by atoms with Gasteiger partial charge in [-0.1, -0.05) is 29.8 Å². The Labute approximate surface area is 158 Å². The van der Waals surface area contributed by atoms with Crippen molar-refractivity contribution in [3.63, 3.8) is 0 Å². The largest absolute Gasteiger partial charge is 0.493 e. The van der Waals surface area contributed by atoms with Crippen LogP contribution < -0.4 is 14.8 Å². The van der Waals surface area contributed by atoms with Crippen molar-refractivity contribution in [1.29, 1.82) is 0 Å². The molecule has 6 heteroatoms. The van der Waals surface area contributed by atoms with Crippen LogP contribution in [0, 0.1) is 0 Å². The molecule has 26 heavy (non-hydrogen) atoms. The molecular weight excluding hydrogens is 352 g/mol. The lowest BCUT2D eigenvalue weighted by Gasteiger charge is -2.31. The summed E-state index contributed by atoms with van der Waals surface area (Å²) < 4.78 is 10.7. The fourth-order valence-corrected chi connectivity index (χ4v) is 3.54. The van der Waals surface area contributed by atoms with Gasteiger partial charge in [-0.25, -0.2) is 4.79 Å². The Bertz CT molecular complexity index is 810. The maximum absolute atomic E-state index is 12.7. The maximum Gasteiger partial charge on any atom is 0.318 e. The van der Waals surface area contributed by atoms with Crippen molar-refractivity contribution in [3.05, 3.63) is 58.1 Å². The van der Waals surface area contributed by atoms with Gasteiger partial charge in [-0.05, 0) is 48.2 Å². The number of rotatable bonds is 4. The summed E-state index contributed by atoms with van der Waals surface area (Å²) in [7, 11) is 3.24. The number of urea groups is 1. The summed E-state index contributed by atoms with van der Waals surface area (Å²) in [6.07, 6.45) is 0.781. The lowest BCUT2D eigenvalue weighted by atomic mass is 9.99. The molecule has 0 spiro atoms.